The topological polar surface area (TPSA) is 17.1 Å². The Balaban J connectivity index is 2.34. The number of carbonyl (C=O) groups excluding carboxylic acids is 1. The first-order valence-corrected chi connectivity index (χ1v) is 9.68. The molecule has 0 spiro atoms. The van der Waals surface area contributed by atoms with E-state index in [1.54, 1.807) is 0 Å². The van der Waals surface area contributed by atoms with E-state index in [0.717, 1.165) is 5.75 Å². The van der Waals surface area contributed by atoms with Gasteiger partial charge in [0.05, 0.1) is 0 Å². The van der Waals surface area contributed by atoms with Crippen LogP contribution in [0, 0.1) is 5.92 Å². The van der Waals surface area contributed by atoms with Crippen LogP contribution in [-0.4, -0.2) is 23.0 Å². The van der Waals surface area contributed by atoms with E-state index in [1.165, 1.54) is 69.3 Å². The minimum absolute atomic E-state index is 0.394. The predicted molar refractivity (Wildman–Crippen MR) is 83.4 cm³/mol. The van der Waals surface area contributed by atoms with Crippen LogP contribution >= 0.6 is 0 Å². The summed E-state index contributed by atoms with van der Waals surface area (Å²) in [7, 11) is 0.394. The van der Waals surface area contributed by atoms with E-state index in [9.17, 15) is 4.79 Å². The summed E-state index contributed by atoms with van der Waals surface area (Å²) in [6, 6.07) is 0. The van der Waals surface area contributed by atoms with E-state index >= 15 is 0 Å². The lowest BCUT2D eigenvalue weighted by Gasteiger charge is -2.20. The van der Waals surface area contributed by atoms with Crippen molar-refractivity contribution in [1.29, 1.82) is 0 Å². The molecule has 0 heterocycles. The Kier molecular flexibility index (Phi) is 8.83. The fourth-order valence-corrected chi connectivity index (χ4v) is 5.21. The quantitative estimate of drug-likeness (QED) is 0.570. The van der Waals surface area contributed by atoms with E-state index < -0.39 is 0 Å². The van der Waals surface area contributed by atoms with E-state index in [1.807, 2.05) is 0 Å². The Morgan fingerprint density at radius 1 is 1.00 bits per heavy atom. The Hall–Kier alpha value is 0.0200. The number of Topliss-reactive ketones (excluding diaryl/α,β-unsaturated/α-hetero) is 1. The zero-order valence-electron chi connectivity index (χ0n) is 12.4. The van der Waals surface area contributed by atoms with Crippen molar-refractivity contribution in [1.82, 2.24) is 0 Å². The van der Waals surface area contributed by atoms with Gasteiger partial charge in [-0.25, -0.2) is 0 Å². The summed E-state index contributed by atoms with van der Waals surface area (Å²) in [5.74, 6) is 4.54. The maximum absolute atomic E-state index is 12.3. The van der Waals surface area contributed by atoms with E-state index in [2.05, 4.69) is 13.8 Å². The standard InChI is InChI=1S/C16H31OS/c1-3-5-12-18(13-6-4-2)14-16(17)15-10-8-7-9-11-15/h15H,3-14H2,1-2H3/q+1. The molecule has 0 bridgehead atoms. The summed E-state index contributed by atoms with van der Waals surface area (Å²) in [4.78, 5) is 12.3. The van der Waals surface area contributed by atoms with Crippen molar-refractivity contribution < 1.29 is 4.79 Å². The average molecular weight is 271 g/mol. The Morgan fingerprint density at radius 3 is 2.06 bits per heavy atom. The molecular weight excluding hydrogens is 240 g/mol. The lowest BCUT2D eigenvalue weighted by Crippen LogP contribution is -2.28. The molecule has 106 valence electrons. The van der Waals surface area contributed by atoms with Gasteiger partial charge in [-0.3, -0.25) is 4.79 Å². The molecule has 1 fully saturated rings. The lowest BCUT2D eigenvalue weighted by atomic mass is 9.87. The average Bonchev–Trinajstić information content (AvgIpc) is 2.42. The summed E-state index contributed by atoms with van der Waals surface area (Å²) in [5, 5.41) is 0. The molecular formula is C16H31OS+. The van der Waals surface area contributed by atoms with Gasteiger partial charge in [-0.05, 0) is 36.6 Å². The highest BCUT2D eigenvalue weighted by Crippen LogP contribution is 2.25. The zero-order chi connectivity index (χ0) is 13.2. The molecule has 1 aliphatic carbocycles. The van der Waals surface area contributed by atoms with Gasteiger partial charge in [0.15, 0.2) is 11.5 Å². The summed E-state index contributed by atoms with van der Waals surface area (Å²) in [6.07, 6.45) is 11.4. The number of carbonyl (C=O) groups is 1. The van der Waals surface area contributed by atoms with E-state index in [4.69, 9.17) is 0 Å². The first-order valence-electron chi connectivity index (χ1n) is 7.94. The van der Waals surface area contributed by atoms with Crippen molar-refractivity contribution in [3.63, 3.8) is 0 Å². The van der Waals surface area contributed by atoms with E-state index in [0.29, 0.717) is 22.6 Å². The molecule has 1 aliphatic rings. The molecule has 0 amide bonds. The molecule has 0 unspecified atom stereocenters. The smallest absolute Gasteiger partial charge is 0.184 e. The zero-order valence-corrected chi connectivity index (χ0v) is 13.2. The summed E-state index contributed by atoms with van der Waals surface area (Å²) < 4.78 is 0. The van der Waals surface area contributed by atoms with Gasteiger partial charge in [0.2, 0.25) is 0 Å². The van der Waals surface area contributed by atoms with Gasteiger partial charge in [-0.15, -0.1) is 0 Å². The Morgan fingerprint density at radius 2 is 1.56 bits per heavy atom. The second-order valence-electron chi connectivity index (χ2n) is 5.67. The third-order valence-electron chi connectivity index (χ3n) is 3.98. The summed E-state index contributed by atoms with van der Waals surface area (Å²) in [5.41, 5.74) is 0. The molecule has 0 aliphatic heterocycles. The Bertz CT molecular complexity index is 213. The molecule has 18 heavy (non-hydrogen) atoms. The van der Waals surface area contributed by atoms with Crippen molar-refractivity contribution in [2.75, 3.05) is 17.3 Å². The maximum Gasteiger partial charge on any atom is 0.184 e. The van der Waals surface area contributed by atoms with Crippen molar-refractivity contribution in [3.8, 4) is 0 Å². The van der Waals surface area contributed by atoms with Crippen LogP contribution in [-0.2, 0) is 15.7 Å². The number of hydrogen-bond acceptors (Lipinski definition) is 1. The van der Waals surface area contributed by atoms with Crippen LogP contribution in [0.3, 0.4) is 0 Å². The number of unbranched alkanes of at least 4 members (excludes halogenated alkanes) is 2. The second-order valence-corrected chi connectivity index (χ2v) is 8.00. The molecule has 0 aromatic carbocycles. The van der Waals surface area contributed by atoms with Crippen LogP contribution in [0.25, 0.3) is 0 Å². The molecule has 0 radical (unpaired) electrons. The van der Waals surface area contributed by atoms with Crippen LogP contribution in [0.1, 0.15) is 71.6 Å². The first-order chi connectivity index (χ1) is 8.77. The van der Waals surface area contributed by atoms with Gasteiger partial charge in [0.1, 0.15) is 11.5 Å². The van der Waals surface area contributed by atoms with Crippen molar-refractivity contribution in [3.05, 3.63) is 0 Å². The van der Waals surface area contributed by atoms with Gasteiger partial charge in [0, 0.05) is 5.92 Å². The normalized spacial score (nSPS) is 17.3. The monoisotopic (exact) mass is 271 g/mol. The molecule has 2 heteroatoms. The number of rotatable bonds is 9. The highest BCUT2D eigenvalue weighted by molar-refractivity contribution is 7.97. The Labute approximate surface area is 116 Å². The van der Waals surface area contributed by atoms with Gasteiger partial charge >= 0.3 is 0 Å². The van der Waals surface area contributed by atoms with Crippen LogP contribution in [0.4, 0.5) is 0 Å². The molecule has 0 aromatic heterocycles. The lowest BCUT2D eigenvalue weighted by molar-refractivity contribution is -0.121. The highest BCUT2D eigenvalue weighted by atomic mass is 32.2. The van der Waals surface area contributed by atoms with E-state index in [-0.39, 0.29) is 0 Å². The van der Waals surface area contributed by atoms with Gasteiger partial charge in [-0.2, -0.15) is 0 Å². The first kappa shape index (κ1) is 16.1. The van der Waals surface area contributed by atoms with Crippen molar-refractivity contribution in [2.45, 2.75) is 71.6 Å². The van der Waals surface area contributed by atoms with Gasteiger partial charge in [-0.1, -0.05) is 46.0 Å². The molecule has 0 atom stereocenters. The molecule has 0 saturated heterocycles. The fourth-order valence-electron chi connectivity index (χ4n) is 2.69. The third-order valence-corrected chi connectivity index (χ3v) is 6.40. The highest BCUT2D eigenvalue weighted by Gasteiger charge is 2.28. The second kappa shape index (κ2) is 9.89. The molecule has 1 saturated carbocycles. The largest absolute Gasteiger partial charge is 0.294 e. The fraction of sp³-hybridized carbons (Fsp3) is 0.938. The number of ketones is 1. The third kappa shape index (κ3) is 6.26. The molecule has 0 aromatic rings. The molecule has 1 nitrogen and oxygen atoms in total. The molecule has 1 rings (SSSR count). The van der Waals surface area contributed by atoms with Gasteiger partial charge < -0.3 is 0 Å². The molecule has 0 N–H and O–H groups in total. The summed E-state index contributed by atoms with van der Waals surface area (Å²) >= 11 is 0. The SMILES string of the molecule is CCCC[S+](CCCC)CC(=O)C1CCCCC1. The van der Waals surface area contributed by atoms with Crippen molar-refractivity contribution >= 4 is 16.7 Å². The maximum atomic E-state index is 12.3. The minimum atomic E-state index is 0.394. The van der Waals surface area contributed by atoms with Gasteiger partial charge in [0.25, 0.3) is 0 Å². The minimum Gasteiger partial charge on any atom is -0.294 e. The van der Waals surface area contributed by atoms with Crippen LogP contribution in [0.15, 0.2) is 0 Å². The van der Waals surface area contributed by atoms with Crippen LogP contribution in [0.2, 0.25) is 0 Å². The number of hydrogen-bond donors (Lipinski definition) is 0. The van der Waals surface area contributed by atoms with Crippen LogP contribution < -0.4 is 0 Å². The van der Waals surface area contributed by atoms with Crippen LogP contribution in [0.5, 0.6) is 0 Å². The predicted octanol–water partition coefficient (Wildman–Crippen LogP) is 4.35. The summed E-state index contributed by atoms with van der Waals surface area (Å²) in [6.45, 7) is 4.51. The van der Waals surface area contributed by atoms with Crippen molar-refractivity contribution in [2.24, 2.45) is 5.92 Å².